The molecule has 0 aromatic rings. The van der Waals surface area contributed by atoms with Crippen molar-refractivity contribution in [2.24, 2.45) is 0 Å². The standard InChI is InChI=1S/C9H16O9/c1-16-6-4(10)2-9(14,8(12)13)18-7(6)5(11)3-17-15/h4-7,10-11,14-15H,2-3H2,1H3,(H,12,13)/t4-,5-,6-,7-,9-/m1/s1. The van der Waals surface area contributed by atoms with Crippen molar-refractivity contribution in [2.45, 2.75) is 36.6 Å². The van der Waals surface area contributed by atoms with E-state index in [-0.39, 0.29) is 0 Å². The van der Waals surface area contributed by atoms with Crippen molar-refractivity contribution in [3.63, 3.8) is 0 Å². The van der Waals surface area contributed by atoms with Crippen LogP contribution in [0.4, 0.5) is 0 Å². The van der Waals surface area contributed by atoms with Crippen molar-refractivity contribution in [1.29, 1.82) is 0 Å². The Morgan fingerprint density at radius 2 is 2.22 bits per heavy atom. The fourth-order valence-corrected chi connectivity index (χ4v) is 1.86. The maximum atomic E-state index is 10.9. The Morgan fingerprint density at radius 3 is 2.67 bits per heavy atom. The predicted molar refractivity (Wildman–Crippen MR) is 53.5 cm³/mol. The first-order valence-electron chi connectivity index (χ1n) is 5.14. The molecule has 18 heavy (non-hydrogen) atoms. The lowest BCUT2D eigenvalue weighted by Gasteiger charge is -2.42. The lowest BCUT2D eigenvalue weighted by molar-refractivity contribution is -0.325. The molecule has 0 amide bonds. The number of aliphatic hydroxyl groups is 3. The van der Waals surface area contributed by atoms with Gasteiger partial charge in [0.25, 0.3) is 5.79 Å². The third kappa shape index (κ3) is 2.95. The van der Waals surface area contributed by atoms with Crippen LogP contribution in [-0.4, -0.2) is 75.6 Å². The van der Waals surface area contributed by atoms with Crippen LogP contribution in [0.3, 0.4) is 0 Å². The van der Waals surface area contributed by atoms with E-state index in [9.17, 15) is 20.1 Å². The largest absolute Gasteiger partial charge is 0.477 e. The topological polar surface area (TPSA) is 146 Å². The fraction of sp³-hybridized carbons (Fsp3) is 0.889. The SMILES string of the molecule is CO[C@H]1[C@@H]([C@H](O)COO)O[C@@](O)(C(=O)O)C[C@H]1O. The summed E-state index contributed by atoms with van der Waals surface area (Å²) in [6.07, 6.45) is -5.88. The first-order chi connectivity index (χ1) is 8.35. The number of carbonyl (C=O) groups is 1. The van der Waals surface area contributed by atoms with E-state index in [4.69, 9.17) is 19.8 Å². The molecule has 5 atom stereocenters. The van der Waals surface area contributed by atoms with Gasteiger partial charge in [-0.3, -0.25) is 5.26 Å². The van der Waals surface area contributed by atoms with Crippen molar-refractivity contribution in [3.8, 4) is 0 Å². The van der Waals surface area contributed by atoms with E-state index in [2.05, 4.69) is 4.89 Å². The van der Waals surface area contributed by atoms with Crippen molar-refractivity contribution in [2.75, 3.05) is 13.7 Å². The van der Waals surface area contributed by atoms with Crippen molar-refractivity contribution in [3.05, 3.63) is 0 Å². The van der Waals surface area contributed by atoms with Gasteiger partial charge in [0.05, 0.1) is 6.10 Å². The van der Waals surface area contributed by atoms with Gasteiger partial charge in [0, 0.05) is 13.5 Å². The van der Waals surface area contributed by atoms with Crippen molar-refractivity contribution in [1.82, 2.24) is 0 Å². The van der Waals surface area contributed by atoms with Gasteiger partial charge in [0.2, 0.25) is 0 Å². The van der Waals surface area contributed by atoms with E-state index < -0.39 is 49.2 Å². The molecule has 1 saturated heterocycles. The fourth-order valence-electron chi connectivity index (χ4n) is 1.86. The molecule has 0 spiro atoms. The Bertz CT molecular complexity index is 296. The second kappa shape index (κ2) is 5.89. The van der Waals surface area contributed by atoms with Gasteiger partial charge in [-0.05, 0) is 0 Å². The Hall–Kier alpha value is -0.810. The van der Waals surface area contributed by atoms with Gasteiger partial charge in [-0.1, -0.05) is 0 Å². The number of hydrogen-bond acceptors (Lipinski definition) is 8. The van der Waals surface area contributed by atoms with Crippen LogP contribution in [0.15, 0.2) is 0 Å². The number of aliphatic hydroxyl groups excluding tert-OH is 2. The summed E-state index contributed by atoms with van der Waals surface area (Å²) in [5, 5.41) is 46.0. The van der Waals surface area contributed by atoms with E-state index in [0.717, 1.165) is 0 Å². The van der Waals surface area contributed by atoms with Gasteiger partial charge in [-0.2, -0.15) is 0 Å². The summed E-state index contributed by atoms with van der Waals surface area (Å²) in [6, 6.07) is 0. The van der Waals surface area contributed by atoms with Crippen molar-refractivity contribution >= 4 is 5.97 Å². The van der Waals surface area contributed by atoms with Crippen LogP contribution in [0.2, 0.25) is 0 Å². The molecule has 1 aliphatic heterocycles. The Balaban J connectivity index is 2.91. The normalized spacial score (nSPS) is 38.4. The molecule has 0 aliphatic carbocycles. The van der Waals surface area contributed by atoms with Crippen LogP contribution < -0.4 is 0 Å². The summed E-state index contributed by atoms with van der Waals surface area (Å²) in [7, 11) is 1.22. The molecule has 9 heteroatoms. The zero-order chi connectivity index (χ0) is 13.9. The van der Waals surface area contributed by atoms with Gasteiger partial charge < -0.3 is 29.9 Å². The molecule has 0 unspecified atom stereocenters. The molecule has 0 saturated carbocycles. The number of aliphatic carboxylic acids is 1. The molecule has 0 bridgehead atoms. The maximum Gasteiger partial charge on any atom is 0.364 e. The second-order valence-electron chi connectivity index (χ2n) is 4.01. The highest BCUT2D eigenvalue weighted by atomic mass is 17.1. The van der Waals surface area contributed by atoms with Crippen molar-refractivity contribution < 1.29 is 44.8 Å². The molecule has 5 N–H and O–H groups in total. The third-order valence-electron chi connectivity index (χ3n) is 2.75. The molecule has 1 rings (SSSR count). The molecule has 1 aliphatic rings. The summed E-state index contributed by atoms with van der Waals surface area (Å²) >= 11 is 0. The van der Waals surface area contributed by atoms with Crippen LogP contribution in [0.25, 0.3) is 0 Å². The average Bonchev–Trinajstić information content (AvgIpc) is 2.28. The summed E-state index contributed by atoms with van der Waals surface area (Å²) in [4.78, 5) is 14.6. The summed E-state index contributed by atoms with van der Waals surface area (Å²) in [5.41, 5.74) is 0. The van der Waals surface area contributed by atoms with E-state index in [1.54, 1.807) is 0 Å². The number of carboxylic acids is 1. The number of hydrogen-bond donors (Lipinski definition) is 5. The molecule has 1 fully saturated rings. The summed E-state index contributed by atoms with van der Waals surface area (Å²) < 4.78 is 9.73. The molecule has 0 aromatic carbocycles. The minimum Gasteiger partial charge on any atom is -0.477 e. The highest BCUT2D eigenvalue weighted by Crippen LogP contribution is 2.31. The molecule has 1 heterocycles. The molecule has 0 aromatic heterocycles. The first kappa shape index (κ1) is 15.2. The van der Waals surface area contributed by atoms with Gasteiger partial charge in [0.15, 0.2) is 0 Å². The summed E-state index contributed by atoms with van der Waals surface area (Å²) in [5.74, 6) is -4.33. The van der Waals surface area contributed by atoms with E-state index in [0.29, 0.717) is 0 Å². The summed E-state index contributed by atoms with van der Waals surface area (Å²) in [6.45, 7) is -0.590. The Morgan fingerprint density at radius 1 is 1.61 bits per heavy atom. The molecule has 106 valence electrons. The van der Waals surface area contributed by atoms with E-state index in [1.165, 1.54) is 7.11 Å². The highest BCUT2D eigenvalue weighted by molar-refractivity contribution is 5.75. The number of methoxy groups -OCH3 is 1. The number of ether oxygens (including phenoxy) is 2. The first-order valence-corrected chi connectivity index (χ1v) is 5.14. The quantitative estimate of drug-likeness (QED) is 0.276. The second-order valence-corrected chi connectivity index (χ2v) is 4.01. The number of rotatable bonds is 5. The minimum absolute atomic E-state index is 0.590. The van der Waals surface area contributed by atoms with Crippen LogP contribution >= 0.6 is 0 Å². The zero-order valence-electron chi connectivity index (χ0n) is 9.59. The van der Waals surface area contributed by atoms with Crippen LogP contribution in [0.1, 0.15) is 6.42 Å². The third-order valence-corrected chi connectivity index (χ3v) is 2.75. The average molecular weight is 268 g/mol. The zero-order valence-corrected chi connectivity index (χ0v) is 9.59. The van der Waals surface area contributed by atoms with Gasteiger partial charge in [-0.15, -0.1) is 0 Å². The van der Waals surface area contributed by atoms with Crippen LogP contribution in [0, 0.1) is 0 Å². The van der Waals surface area contributed by atoms with Gasteiger partial charge in [0.1, 0.15) is 24.9 Å². The lowest BCUT2D eigenvalue weighted by atomic mass is 9.92. The van der Waals surface area contributed by atoms with E-state index >= 15 is 0 Å². The van der Waals surface area contributed by atoms with Crippen LogP contribution in [-0.2, 0) is 19.2 Å². The lowest BCUT2D eigenvalue weighted by Crippen LogP contribution is -2.62. The Labute approximate surface area is 102 Å². The van der Waals surface area contributed by atoms with Gasteiger partial charge in [-0.25, -0.2) is 9.68 Å². The molecular weight excluding hydrogens is 252 g/mol. The molecule has 0 radical (unpaired) electrons. The van der Waals surface area contributed by atoms with Gasteiger partial charge >= 0.3 is 5.97 Å². The Kier molecular flexibility index (Phi) is 4.99. The molecular formula is C9H16O9. The monoisotopic (exact) mass is 268 g/mol. The predicted octanol–water partition coefficient (Wildman–Crippen LogP) is -2.23. The highest BCUT2D eigenvalue weighted by Gasteiger charge is 2.52. The molecule has 9 nitrogen and oxygen atoms in total. The van der Waals surface area contributed by atoms with Crippen LogP contribution in [0.5, 0.6) is 0 Å². The minimum atomic E-state index is -2.63. The maximum absolute atomic E-state index is 10.9. The smallest absolute Gasteiger partial charge is 0.364 e. The van der Waals surface area contributed by atoms with E-state index in [1.807, 2.05) is 0 Å². The number of carboxylic acid groups (broad SMARTS) is 1.